The van der Waals surface area contributed by atoms with Gasteiger partial charge in [-0.1, -0.05) is 0 Å². The van der Waals surface area contributed by atoms with Crippen molar-refractivity contribution in [3.8, 4) is 11.5 Å². The van der Waals surface area contributed by atoms with Gasteiger partial charge in [0.25, 0.3) is 0 Å². The Morgan fingerprint density at radius 2 is 2.05 bits per heavy atom. The van der Waals surface area contributed by atoms with E-state index in [1.54, 1.807) is 14.2 Å². The molecule has 1 aliphatic rings. The van der Waals surface area contributed by atoms with Crippen molar-refractivity contribution >= 4 is 5.91 Å². The van der Waals surface area contributed by atoms with E-state index in [0.29, 0.717) is 6.54 Å². The normalized spacial score (nSPS) is 19.4. The van der Waals surface area contributed by atoms with E-state index >= 15 is 0 Å². The summed E-state index contributed by atoms with van der Waals surface area (Å²) < 4.78 is 16.3. The van der Waals surface area contributed by atoms with Gasteiger partial charge >= 0.3 is 0 Å². The van der Waals surface area contributed by atoms with Crippen molar-refractivity contribution in [3.05, 3.63) is 23.8 Å². The molecule has 1 aliphatic heterocycles. The number of benzene rings is 1. The average molecular weight is 279 g/mol. The summed E-state index contributed by atoms with van der Waals surface area (Å²) in [5, 5.41) is 0. The number of hydrogen-bond donors (Lipinski definition) is 0. The molecule has 0 aliphatic carbocycles. The first-order valence-electron chi connectivity index (χ1n) is 6.69. The maximum absolute atomic E-state index is 11.8. The molecule has 0 radical (unpaired) electrons. The Labute approximate surface area is 119 Å². The van der Waals surface area contributed by atoms with Crippen LogP contribution in [0.25, 0.3) is 0 Å². The van der Waals surface area contributed by atoms with Crippen LogP contribution in [0, 0.1) is 0 Å². The number of morpholine rings is 1. The van der Waals surface area contributed by atoms with E-state index in [1.165, 1.54) is 0 Å². The fourth-order valence-corrected chi connectivity index (χ4v) is 2.37. The van der Waals surface area contributed by atoms with Crippen LogP contribution < -0.4 is 9.47 Å². The van der Waals surface area contributed by atoms with Gasteiger partial charge in [0.1, 0.15) is 24.2 Å². The Hall–Kier alpha value is -1.75. The van der Waals surface area contributed by atoms with Gasteiger partial charge in [-0.2, -0.15) is 0 Å². The number of hydrogen-bond acceptors (Lipinski definition) is 4. The highest BCUT2D eigenvalue weighted by Gasteiger charge is 2.30. The molecule has 0 unspecified atom stereocenters. The third-order valence-corrected chi connectivity index (χ3v) is 3.50. The molecule has 1 aromatic rings. The molecule has 110 valence electrons. The second kappa shape index (κ2) is 6.13. The van der Waals surface area contributed by atoms with E-state index in [-0.39, 0.29) is 24.7 Å². The lowest BCUT2D eigenvalue weighted by molar-refractivity contribution is -0.151. The van der Waals surface area contributed by atoms with Gasteiger partial charge in [0.15, 0.2) is 0 Å². The smallest absolute Gasteiger partial charge is 0.248 e. The maximum atomic E-state index is 11.8. The number of carbonyl (C=O) groups is 1. The maximum Gasteiger partial charge on any atom is 0.248 e. The summed E-state index contributed by atoms with van der Waals surface area (Å²) in [5.74, 6) is 1.52. The number of methoxy groups -OCH3 is 2. The lowest BCUT2D eigenvalue weighted by Crippen LogP contribution is -2.46. The first-order valence-corrected chi connectivity index (χ1v) is 6.69. The molecule has 1 saturated heterocycles. The van der Waals surface area contributed by atoms with Crippen LogP contribution in [0.3, 0.4) is 0 Å². The van der Waals surface area contributed by atoms with Gasteiger partial charge in [-0.25, -0.2) is 0 Å². The summed E-state index contributed by atoms with van der Waals surface area (Å²) in [6.45, 7) is 4.63. The monoisotopic (exact) mass is 279 g/mol. The summed E-state index contributed by atoms with van der Waals surface area (Å²) in [6.07, 6.45) is -0.194. The van der Waals surface area contributed by atoms with Gasteiger partial charge in [0.05, 0.1) is 20.8 Å². The Morgan fingerprint density at radius 3 is 2.65 bits per heavy atom. The molecule has 0 spiro atoms. The van der Waals surface area contributed by atoms with Crippen molar-refractivity contribution in [2.24, 2.45) is 0 Å². The molecule has 5 heteroatoms. The molecule has 1 atom stereocenters. The van der Waals surface area contributed by atoms with Gasteiger partial charge in [0, 0.05) is 11.6 Å². The number of ether oxygens (including phenoxy) is 3. The third-order valence-electron chi connectivity index (χ3n) is 3.50. The zero-order chi connectivity index (χ0) is 14.7. The van der Waals surface area contributed by atoms with Crippen molar-refractivity contribution in [2.75, 3.05) is 27.4 Å². The largest absolute Gasteiger partial charge is 0.497 e. The van der Waals surface area contributed by atoms with Crippen LogP contribution in [0.4, 0.5) is 0 Å². The minimum absolute atomic E-state index is 0.0260. The van der Waals surface area contributed by atoms with E-state index < -0.39 is 0 Å². The molecule has 0 saturated carbocycles. The fraction of sp³-hybridized carbons (Fsp3) is 0.533. The van der Waals surface area contributed by atoms with Crippen LogP contribution in [0.5, 0.6) is 11.5 Å². The zero-order valence-corrected chi connectivity index (χ0v) is 12.4. The SMILES string of the molecule is COc1ccc(OC)c([C@@H]2CN(C(C)C)C(=O)CO2)c1. The summed E-state index contributed by atoms with van der Waals surface area (Å²) >= 11 is 0. The quantitative estimate of drug-likeness (QED) is 0.846. The van der Waals surface area contributed by atoms with Crippen LogP contribution in [0.15, 0.2) is 18.2 Å². The molecular formula is C15H21NO4. The van der Waals surface area contributed by atoms with Crippen molar-refractivity contribution in [2.45, 2.75) is 26.0 Å². The standard InChI is InChI=1S/C15H21NO4/c1-10(2)16-8-14(20-9-15(16)17)12-7-11(18-3)5-6-13(12)19-4/h5-7,10,14H,8-9H2,1-4H3/t14-/m0/s1. The summed E-state index contributed by atoms with van der Waals surface area (Å²) in [5.41, 5.74) is 0.907. The number of carbonyl (C=O) groups excluding carboxylic acids is 1. The first-order chi connectivity index (χ1) is 9.56. The summed E-state index contributed by atoms with van der Waals surface area (Å²) in [6, 6.07) is 5.76. The summed E-state index contributed by atoms with van der Waals surface area (Å²) in [4.78, 5) is 13.7. The summed E-state index contributed by atoms with van der Waals surface area (Å²) in [7, 11) is 3.25. The minimum atomic E-state index is -0.194. The van der Waals surface area contributed by atoms with Gasteiger partial charge in [-0.3, -0.25) is 4.79 Å². The Kier molecular flexibility index (Phi) is 4.49. The molecule has 1 heterocycles. The lowest BCUT2D eigenvalue weighted by atomic mass is 10.0. The van der Waals surface area contributed by atoms with Crippen molar-refractivity contribution < 1.29 is 19.0 Å². The van der Waals surface area contributed by atoms with Crippen LogP contribution in [-0.2, 0) is 9.53 Å². The van der Waals surface area contributed by atoms with Crippen molar-refractivity contribution in [1.29, 1.82) is 0 Å². The van der Waals surface area contributed by atoms with Gasteiger partial charge in [-0.05, 0) is 32.0 Å². The van der Waals surface area contributed by atoms with Crippen molar-refractivity contribution in [3.63, 3.8) is 0 Å². The molecule has 5 nitrogen and oxygen atoms in total. The predicted octanol–water partition coefficient (Wildman–Crippen LogP) is 2.01. The molecule has 0 bridgehead atoms. The molecular weight excluding hydrogens is 258 g/mol. The fourth-order valence-electron chi connectivity index (χ4n) is 2.37. The van der Waals surface area contributed by atoms with Crippen LogP contribution in [0.1, 0.15) is 25.5 Å². The second-order valence-electron chi connectivity index (χ2n) is 5.05. The molecule has 0 N–H and O–H groups in total. The van der Waals surface area contributed by atoms with Gasteiger partial charge < -0.3 is 19.1 Å². The first kappa shape index (κ1) is 14.7. The second-order valence-corrected chi connectivity index (χ2v) is 5.05. The molecule has 1 fully saturated rings. The Balaban J connectivity index is 2.28. The molecule has 0 aromatic heterocycles. The highest BCUT2D eigenvalue weighted by molar-refractivity contribution is 5.78. The Bertz CT molecular complexity index is 487. The average Bonchev–Trinajstić information content (AvgIpc) is 2.46. The molecule has 1 aromatic carbocycles. The van der Waals surface area contributed by atoms with E-state index in [4.69, 9.17) is 14.2 Å². The van der Waals surface area contributed by atoms with Crippen molar-refractivity contribution in [1.82, 2.24) is 4.90 Å². The van der Waals surface area contributed by atoms with E-state index in [2.05, 4.69) is 0 Å². The highest BCUT2D eigenvalue weighted by Crippen LogP contribution is 2.33. The number of amides is 1. The van der Waals surface area contributed by atoms with E-state index in [1.807, 2.05) is 36.9 Å². The number of nitrogens with zero attached hydrogens (tertiary/aromatic N) is 1. The zero-order valence-electron chi connectivity index (χ0n) is 12.4. The molecule has 2 rings (SSSR count). The number of rotatable bonds is 4. The third kappa shape index (κ3) is 2.88. The van der Waals surface area contributed by atoms with Gasteiger partial charge in [-0.15, -0.1) is 0 Å². The van der Waals surface area contributed by atoms with Crippen LogP contribution in [-0.4, -0.2) is 44.2 Å². The van der Waals surface area contributed by atoms with Crippen LogP contribution in [0.2, 0.25) is 0 Å². The molecule has 1 amide bonds. The van der Waals surface area contributed by atoms with Gasteiger partial charge in [0.2, 0.25) is 5.91 Å². The van der Waals surface area contributed by atoms with E-state index in [0.717, 1.165) is 17.1 Å². The Morgan fingerprint density at radius 1 is 1.30 bits per heavy atom. The lowest BCUT2D eigenvalue weighted by Gasteiger charge is -2.36. The van der Waals surface area contributed by atoms with Crippen LogP contribution >= 0.6 is 0 Å². The van der Waals surface area contributed by atoms with E-state index in [9.17, 15) is 4.79 Å². The molecule has 20 heavy (non-hydrogen) atoms. The highest BCUT2D eigenvalue weighted by atomic mass is 16.5. The minimum Gasteiger partial charge on any atom is -0.497 e. The topological polar surface area (TPSA) is 48.0 Å². The predicted molar refractivity (Wildman–Crippen MR) is 75.1 cm³/mol.